The zero-order valence-corrected chi connectivity index (χ0v) is 6.14. The van der Waals surface area contributed by atoms with Gasteiger partial charge in [0.25, 0.3) is 0 Å². The number of hydrogen-bond donors (Lipinski definition) is 2. The summed E-state index contributed by atoms with van der Waals surface area (Å²) in [6, 6.07) is 0.0107. The normalized spacial score (nSPS) is 13.7. The molecule has 0 aromatic rings. The summed E-state index contributed by atoms with van der Waals surface area (Å²) in [5.41, 5.74) is 5.46. The Bertz CT molecular complexity index is 56.9. The van der Waals surface area contributed by atoms with Crippen LogP contribution in [0.25, 0.3) is 0 Å². The maximum Gasteiger partial charge on any atom is 0.0582 e. The summed E-state index contributed by atoms with van der Waals surface area (Å²) >= 11 is 0. The molecule has 0 radical (unpaired) electrons. The summed E-state index contributed by atoms with van der Waals surface area (Å²) in [5, 5.41) is 8.51. The maximum atomic E-state index is 8.51. The first kappa shape index (κ1) is 8.92. The minimum atomic E-state index is 0.0107. The minimum absolute atomic E-state index is 0.0107. The van der Waals surface area contributed by atoms with Gasteiger partial charge in [0.2, 0.25) is 0 Å². The van der Waals surface area contributed by atoms with Gasteiger partial charge in [-0.1, -0.05) is 26.2 Å². The SMILES string of the molecule is CCCCCC(N)CO. The Labute approximate surface area is 57.1 Å². The van der Waals surface area contributed by atoms with Crippen LogP contribution >= 0.6 is 0 Å². The lowest BCUT2D eigenvalue weighted by Gasteiger charge is -2.05. The number of unbranched alkanes of at least 4 members (excludes halogenated alkanes) is 2. The molecule has 0 saturated carbocycles. The number of aliphatic hydroxyl groups is 1. The summed E-state index contributed by atoms with van der Waals surface area (Å²) in [7, 11) is 0. The van der Waals surface area contributed by atoms with Crippen LogP contribution in [-0.2, 0) is 0 Å². The minimum Gasteiger partial charge on any atom is -0.395 e. The van der Waals surface area contributed by atoms with Crippen LogP contribution in [-0.4, -0.2) is 17.8 Å². The predicted molar refractivity (Wildman–Crippen MR) is 39.2 cm³/mol. The van der Waals surface area contributed by atoms with Crippen LogP contribution in [0.2, 0.25) is 0 Å². The largest absolute Gasteiger partial charge is 0.395 e. The van der Waals surface area contributed by atoms with Gasteiger partial charge in [0, 0.05) is 6.04 Å². The topological polar surface area (TPSA) is 46.2 Å². The quantitative estimate of drug-likeness (QED) is 0.544. The average molecular weight is 131 g/mol. The maximum absolute atomic E-state index is 8.51. The fourth-order valence-corrected chi connectivity index (χ4v) is 0.748. The molecule has 0 aliphatic heterocycles. The van der Waals surface area contributed by atoms with Crippen LogP contribution in [0, 0.1) is 0 Å². The van der Waals surface area contributed by atoms with Crippen molar-refractivity contribution in [3.05, 3.63) is 0 Å². The Kier molecular flexibility index (Phi) is 5.99. The van der Waals surface area contributed by atoms with E-state index in [9.17, 15) is 0 Å². The van der Waals surface area contributed by atoms with Crippen molar-refractivity contribution >= 4 is 0 Å². The average Bonchev–Trinajstić information content (AvgIpc) is 1.89. The van der Waals surface area contributed by atoms with Gasteiger partial charge in [-0.25, -0.2) is 0 Å². The van der Waals surface area contributed by atoms with Crippen molar-refractivity contribution in [2.45, 2.75) is 38.6 Å². The van der Waals surface area contributed by atoms with Crippen LogP contribution in [0.4, 0.5) is 0 Å². The van der Waals surface area contributed by atoms with E-state index in [-0.39, 0.29) is 12.6 Å². The van der Waals surface area contributed by atoms with Gasteiger partial charge in [0.15, 0.2) is 0 Å². The van der Waals surface area contributed by atoms with Gasteiger partial charge in [-0.15, -0.1) is 0 Å². The predicted octanol–water partition coefficient (Wildman–Crippen LogP) is 0.886. The lowest BCUT2D eigenvalue weighted by atomic mass is 10.1. The smallest absolute Gasteiger partial charge is 0.0582 e. The van der Waals surface area contributed by atoms with Gasteiger partial charge in [-0.05, 0) is 6.42 Å². The van der Waals surface area contributed by atoms with E-state index in [1.807, 2.05) is 0 Å². The Hall–Kier alpha value is -0.0800. The molecule has 2 heteroatoms. The van der Waals surface area contributed by atoms with E-state index in [0.29, 0.717) is 0 Å². The summed E-state index contributed by atoms with van der Waals surface area (Å²) in [6.45, 7) is 2.29. The monoisotopic (exact) mass is 131 g/mol. The first-order chi connectivity index (χ1) is 4.31. The second kappa shape index (κ2) is 6.05. The fourth-order valence-electron chi connectivity index (χ4n) is 0.748. The van der Waals surface area contributed by atoms with Crippen molar-refractivity contribution in [1.29, 1.82) is 0 Å². The third-order valence-corrected chi connectivity index (χ3v) is 1.41. The molecule has 3 N–H and O–H groups in total. The molecule has 0 amide bonds. The standard InChI is InChI=1S/C7H17NO/c1-2-3-4-5-7(8)6-9/h7,9H,2-6,8H2,1H3. The first-order valence-corrected chi connectivity index (χ1v) is 3.67. The van der Waals surface area contributed by atoms with Gasteiger partial charge >= 0.3 is 0 Å². The third kappa shape index (κ3) is 5.80. The molecule has 0 fully saturated rings. The molecular formula is C7H17NO. The van der Waals surface area contributed by atoms with Crippen molar-refractivity contribution in [3.8, 4) is 0 Å². The van der Waals surface area contributed by atoms with Crippen molar-refractivity contribution < 1.29 is 5.11 Å². The lowest BCUT2D eigenvalue weighted by Crippen LogP contribution is -2.23. The van der Waals surface area contributed by atoms with E-state index >= 15 is 0 Å². The number of aliphatic hydroxyl groups excluding tert-OH is 1. The van der Waals surface area contributed by atoms with E-state index in [2.05, 4.69) is 6.92 Å². The zero-order chi connectivity index (χ0) is 7.11. The highest BCUT2D eigenvalue weighted by Gasteiger charge is 1.97. The number of rotatable bonds is 5. The molecule has 56 valence electrons. The molecule has 0 aromatic heterocycles. The highest BCUT2D eigenvalue weighted by molar-refractivity contribution is 4.57. The zero-order valence-electron chi connectivity index (χ0n) is 6.14. The number of hydrogen-bond acceptors (Lipinski definition) is 2. The molecule has 0 aromatic carbocycles. The Morgan fingerprint density at radius 1 is 1.44 bits per heavy atom. The van der Waals surface area contributed by atoms with Crippen molar-refractivity contribution in [3.63, 3.8) is 0 Å². The van der Waals surface area contributed by atoms with Gasteiger partial charge in [-0.2, -0.15) is 0 Å². The molecule has 0 bridgehead atoms. The van der Waals surface area contributed by atoms with E-state index in [4.69, 9.17) is 10.8 Å². The van der Waals surface area contributed by atoms with Crippen molar-refractivity contribution in [2.75, 3.05) is 6.61 Å². The van der Waals surface area contributed by atoms with Crippen molar-refractivity contribution in [1.82, 2.24) is 0 Å². The van der Waals surface area contributed by atoms with E-state index in [0.717, 1.165) is 12.8 Å². The highest BCUT2D eigenvalue weighted by atomic mass is 16.3. The van der Waals surface area contributed by atoms with E-state index in [1.165, 1.54) is 12.8 Å². The third-order valence-electron chi connectivity index (χ3n) is 1.41. The molecule has 1 unspecified atom stereocenters. The van der Waals surface area contributed by atoms with Crippen LogP contribution < -0.4 is 5.73 Å². The van der Waals surface area contributed by atoms with E-state index < -0.39 is 0 Å². The molecule has 1 atom stereocenters. The molecule has 0 saturated heterocycles. The van der Waals surface area contributed by atoms with Crippen LogP contribution in [0.1, 0.15) is 32.6 Å². The highest BCUT2D eigenvalue weighted by Crippen LogP contribution is 2.00. The molecule has 9 heavy (non-hydrogen) atoms. The molecule has 0 rings (SSSR count). The lowest BCUT2D eigenvalue weighted by molar-refractivity contribution is 0.257. The van der Waals surface area contributed by atoms with Gasteiger partial charge in [-0.3, -0.25) is 0 Å². The summed E-state index contributed by atoms with van der Waals surface area (Å²) in [4.78, 5) is 0. The second-order valence-corrected chi connectivity index (χ2v) is 2.44. The van der Waals surface area contributed by atoms with Gasteiger partial charge < -0.3 is 10.8 Å². The second-order valence-electron chi connectivity index (χ2n) is 2.44. The molecular weight excluding hydrogens is 114 g/mol. The first-order valence-electron chi connectivity index (χ1n) is 3.67. The Morgan fingerprint density at radius 2 is 2.11 bits per heavy atom. The molecule has 0 aliphatic rings. The summed E-state index contributed by atoms with van der Waals surface area (Å²) in [6.07, 6.45) is 4.56. The fraction of sp³-hybridized carbons (Fsp3) is 1.00. The number of nitrogens with two attached hydrogens (primary N) is 1. The molecule has 2 nitrogen and oxygen atoms in total. The van der Waals surface area contributed by atoms with Crippen LogP contribution in [0.15, 0.2) is 0 Å². The Balaban J connectivity index is 2.88. The molecule has 0 aliphatic carbocycles. The van der Waals surface area contributed by atoms with Gasteiger partial charge in [0.05, 0.1) is 6.61 Å². The summed E-state index contributed by atoms with van der Waals surface area (Å²) < 4.78 is 0. The van der Waals surface area contributed by atoms with Crippen LogP contribution in [0.3, 0.4) is 0 Å². The van der Waals surface area contributed by atoms with Crippen molar-refractivity contribution in [2.24, 2.45) is 5.73 Å². The molecule has 0 heterocycles. The molecule has 0 spiro atoms. The van der Waals surface area contributed by atoms with Crippen LogP contribution in [0.5, 0.6) is 0 Å². The Morgan fingerprint density at radius 3 is 2.56 bits per heavy atom. The summed E-state index contributed by atoms with van der Waals surface area (Å²) in [5.74, 6) is 0. The van der Waals surface area contributed by atoms with E-state index in [1.54, 1.807) is 0 Å². The van der Waals surface area contributed by atoms with Gasteiger partial charge in [0.1, 0.15) is 0 Å².